The van der Waals surface area contributed by atoms with Crippen molar-refractivity contribution in [3.8, 4) is 22.7 Å². The molecule has 144 valence electrons. The molecule has 0 amide bonds. The van der Waals surface area contributed by atoms with Gasteiger partial charge in [-0.25, -0.2) is 0 Å². The number of hydrogen-bond acceptors (Lipinski definition) is 7. The SMILES string of the molecule is Oc1cc(-n2nccn2)ccc1-c1ccc(N2CC[C@@H](NCC3CC3)C2)nn1. The van der Waals surface area contributed by atoms with Crippen LogP contribution in [0.25, 0.3) is 16.9 Å². The van der Waals surface area contributed by atoms with Gasteiger partial charge in [-0.1, -0.05) is 0 Å². The van der Waals surface area contributed by atoms with Gasteiger partial charge in [0.15, 0.2) is 5.82 Å². The van der Waals surface area contributed by atoms with Crippen molar-refractivity contribution in [2.24, 2.45) is 5.92 Å². The first-order chi connectivity index (χ1) is 13.8. The topological polar surface area (TPSA) is 92.0 Å². The molecule has 1 aliphatic carbocycles. The normalized spacial score (nSPS) is 19.3. The Labute approximate surface area is 163 Å². The maximum Gasteiger partial charge on any atom is 0.151 e. The first-order valence-electron chi connectivity index (χ1n) is 9.78. The van der Waals surface area contributed by atoms with E-state index in [1.165, 1.54) is 17.6 Å². The molecule has 1 aromatic carbocycles. The maximum absolute atomic E-state index is 10.4. The molecular weight excluding hydrogens is 354 g/mol. The number of rotatable bonds is 6. The standard InChI is InChI=1S/C20H23N7O/c28-19-11-16(27-22-8-9-23-27)3-4-17(19)18-5-6-20(25-24-18)26-10-7-15(13-26)21-12-14-1-2-14/h3-6,8-9,11,14-15,21,28H,1-2,7,10,12-13H2/t15-/m1/s1. The Morgan fingerprint density at radius 3 is 2.61 bits per heavy atom. The summed E-state index contributed by atoms with van der Waals surface area (Å²) in [4.78, 5) is 3.73. The minimum atomic E-state index is 0.127. The number of nitrogens with zero attached hydrogens (tertiary/aromatic N) is 6. The van der Waals surface area contributed by atoms with Crippen molar-refractivity contribution >= 4 is 5.82 Å². The summed E-state index contributed by atoms with van der Waals surface area (Å²) in [7, 11) is 0. The summed E-state index contributed by atoms with van der Waals surface area (Å²) in [5.41, 5.74) is 1.97. The highest BCUT2D eigenvalue weighted by atomic mass is 16.3. The molecule has 8 heteroatoms. The second kappa shape index (κ2) is 7.20. The predicted molar refractivity (Wildman–Crippen MR) is 105 cm³/mol. The molecule has 1 aliphatic heterocycles. The molecule has 5 rings (SSSR count). The Bertz CT molecular complexity index is 938. The fraction of sp³-hybridized carbons (Fsp3) is 0.400. The van der Waals surface area contributed by atoms with Crippen LogP contribution in [0.5, 0.6) is 5.75 Å². The number of phenolic OH excluding ortho intramolecular Hbond substituents is 1. The molecule has 2 aliphatic rings. The highest BCUT2D eigenvalue weighted by Crippen LogP contribution is 2.30. The fourth-order valence-corrected chi connectivity index (χ4v) is 3.64. The van der Waals surface area contributed by atoms with Gasteiger partial charge in [-0.15, -0.1) is 10.2 Å². The molecule has 8 nitrogen and oxygen atoms in total. The molecule has 1 atom stereocenters. The van der Waals surface area contributed by atoms with Crippen LogP contribution in [0.15, 0.2) is 42.7 Å². The predicted octanol–water partition coefficient (Wildman–Crippen LogP) is 2.01. The summed E-state index contributed by atoms with van der Waals surface area (Å²) >= 11 is 0. The van der Waals surface area contributed by atoms with Gasteiger partial charge in [0.25, 0.3) is 0 Å². The van der Waals surface area contributed by atoms with E-state index in [1.807, 2.05) is 24.3 Å². The van der Waals surface area contributed by atoms with Crippen molar-refractivity contribution in [1.29, 1.82) is 0 Å². The molecule has 2 aromatic heterocycles. The molecule has 28 heavy (non-hydrogen) atoms. The quantitative estimate of drug-likeness (QED) is 0.679. The van der Waals surface area contributed by atoms with E-state index in [1.54, 1.807) is 18.5 Å². The van der Waals surface area contributed by atoms with E-state index in [0.29, 0.717) is 23.0 Å². The monoisotopic (exact) mass is 377 g/mol. The summed E-state index contributed by atoms with van der Waals surface area (Å²) in [6.07, 6.45) is 7.09. The van der Waals surface area contributed by atoms with Gasteiger partial charge < -0.3 is 15.3 Å². The van der Waals surface area contributed by atoms with Crippen LogP contribution in [0.3, 0.4) is 0 Å². The van der Waals surface area contributed by atoms with E-state index in [9.17, 15) is 5.11 Å². The number of hydrogen-bond donors (Lipinski definition) is 2. The van der Waals surface area contributed by atoms with Gasteiger partial charge in [-0.2, -0.15) is 15.0 Å². The zero-order valence-corrected chi connectivity index (χ0v) is 15.6. The second-order valence-corrected chi connectivity index (χ2v) is 7.58. The Hall–Kier alpha value is -3.00. The van der Waals surface area contributed by atoms with Crippen LogP contribution < -0.4 is 10.2 Å². The van der Waals surface area contributed by atoms with Crippen LogP contribution in [0.1, 0.15) is 19.3 Å². The second-order valence-electron chi connectivity index (χ2n) is 7.58. The lowest BCUT2D eigenvalue weighted by atomic mass is 10.1. The van der Waals surface area contributed by atoms with E-state index in [2.05, 4.69) is 30.6 Å². The average molecular weight is 377 g/mol. The third-order valence-electron chi connectivity index (χ3n) is 5.46. The van der Waals surface area contributed by atoms with Gasteiger partial charge in [0.05, 0.1) is 23.8 Å². The molecule has 3 aromatic rings. The summed E-state index contributed by atoms with van der Waals surface area (Å²) in [5.74, 6) is 1.91. The number of phenols is 1. The number of anilines is 1. The van der Waals surface area contributed by atoms with Crippen molar-refractivity contribution in [1.82, 2.24) is 30.5 Å². The molecule has 0 spiro atoms. The summed E-state index contributed by atoms with van der Waals surface area (Å²) in [5, 5.41) is 31.0. The van der Waals surface area contributed by atoms with Crippen LogP contribution in [0.4, 0.5) is 5.82 Å². The van der Waals surface area contributed by atoms with Crippen LogP contribution >= 0.6 is 0 Å². The third-order valence-corrected chi connectivity index (χ3v) is 5.46. The van der Waals surface area contributed by atoms with Crippen LogP contribution in [0, 0.1) is 5.92 Å². The minimum Gasteiger partial charge on any atom is -0.507 e. The highest BCUT2D eigenvalue weighted by molar-refractivity contribution is 5.68. The molecule has 0 radical (unpaired) electrons. The summed E-state index contributed by atoms with van der Waals surface area (Å²) < 4.78 is 0. The molecule has 1 saturated heterocycles. The Kier molecular flexibility index (Phi) is 4.40. The molecule has 0 unspecified atom stereocenters. The number of nitrogens with one attached hydrogen (secondary N) is 1. The van der Waals surface area contributed by atoms with Crippen LogP contribution in [0.2, 0.25) is 0 Å². The van der Waals surface area contributed by atoms with E-state index >= 15 is 0 Å². The number of aromatic hydroxyl groups is 1. The molecule has 0 bridgehead atoms. The minimum absolute atomic E-state index is 0.127. The largest absolute Gasteiger partial charge is 0.507 e. The van der Waals surface area contributed by atoms with E-state index in [-0.39, 0.29) is 5.75 Å². The number of aromatic nitrogens is 5. The van der Waals surface area contributed by atoms with Crippen molar-refractivity contribution in [3.63, 3.8) is 0 Å². The lowest BCUT2D eigenvalue weighted by Crippen LogP contribution is -2.34. The smallest absolute Gasteiger partial charge is 0.151 e. The molecule has 2 N–H and O–H groups in total. The number of benzene rings is 1. The third kappa shape index (κ3) is 3.55. The van der Waals surface area contributed by atoms with Gasteiger partial charge in [0, 0.05) is 30.8 Å². The van der Waals surface area contributed by atoms with Crippen LogP contribution in [-0.2, 0) is 0 Å². The van der Waals surface area contributed by atoms with Gasteiger partial charge in [0.1, 0.15) is 5.75 Å². The average Bonchev–Trinajstić information content (AvgIpc) is 3.19. The Balaban J connectivity index is 1.27. The van der Waals surface area contributed by atoms with E-state index in [0.717, 1.165) is 37.8 Å². The Morgan fingerprint density at radius 1 is 1.04 bits per heavy atom. The summed E-state index contributed by atoms with van der Waals surface area (Å²) in [6.45, 7) is 3.11. The Morgan fingerprint density at radius 2 is 1.89 bits per heavy atom. The maximum atomic E-state index is 10.4. The molecule has 1 saturated carbocycles. The van der Waals surface area contributed by atoms with E-state index < -0.39 is 0 Å². The van der Waals surface area contributed by atoms with Gasteiger partial charge in [-0.05, 0) is 56.0 Å². The molecular formula is C20H23N7O. The fourth-order valence-electron chi connectivity index (χ4n) is 3.64. The zero-order chi connectivity index (χ0) is 18.9. The van der Waals surface area contributed by atoms with Crippen LogP contribution in [-0.4, -0.2) is 56.0 Å². The lowest BCUT2D eigenvalue weighted by molar-refractivity contribution is 0.476. The zero-order valence-electron chi connectivity index (χ0n) is 15.6. The van der Waals surface area contributed by atoms with Crippen molar-refractivity contribution < 1.29 is 5.11 Å². The highest BCUT2D eigenvalue weighted by Gasteiger charge is 2.27. The first kappa shape index (κ1) is 17.1. The summed E-state index contributed by atoms with van der Waals surface area (Å²) in [6, 6.07) is 9.71. The molecule has 3 heterocycles. The van der Waals surface area contributed by atoms with Gasteiger partial charge in [0.2, 0.25) is 0 Å². The molecule has 2 fully saturated rings. The van der Waals surface area contributed by atoms with Crippen molar-refractivity contribution in [2.75, 3.05) is 24.5 Å². The van der Waals surface area contributed by atoms with Gasteiger partial charge in [-0.3, -0.25) is 0 Å². The van der Waals surface area contributed by atoms with Crippen molar-refractivity contribution in [3.05, 3.63) is 42.7 Å². The first-order valence-corrected chi connectivity index (χ1v) is 9.78. The lowest BCUT2D eigenvalue weighted by Gasteiger charge is -2.17. The van der Waals surface area contributed by atoms with Crippen molar-refractivity contribution in [2.45, 2.75) is 25.3 Å². The van der Waals surface area contributed by atoms with E-state index in [4.69, 9.17) is 0 Å². The van der Waals surface area contributed by atoms with Gasteiger partial charge >= 0.3 is 0 Å².